The molecule has 2 rings (SSSR count). The van der Waals surface area contributed by atoms with Crippen LogP contribution in [0.5, 0.6) is 0 Å². The number of nitrogens with zero attached hydrogens (tertiary/aromatic N) is 1. The van der Waals surface area contributed by atoms with Crippen molar-refractivity contribution in [2.75, 3.05) is 37.4 Å². The van der Waals surface area contributed by atoms with Gasteiger partial charge >= 0.3 is 0 Å². The second-order valence-corrected chi connectivity index (χ2v) is 4.61. The lowest BCUT2D eigenvalue weighted by atomic mass is 10.1. The molecule has 0 saturated carbocycles. The van der Waals surface area contributed by atoms with E-state index in [1.165, 1.54) is 24.2 Å². The standard InChI is InChI=1S/C13H21N3/c1-16(2)13-5-3-11(4-6-13)15-12-7-9-14-10-8-12/h3-6,12,14-15H,7-10H2,1-2H3. The minimum atomic E-state index is 0.631. The number of hydrogen-bond donors (Lipinski definition) is 2. The molecule has 2 N–H and O–H groups in total. The number of rotatable bonds is 3. The number of benzene rings is 1. The van der Waals surface area contributed by atoms with E-state index in [2.05, 4.69) is 53.9 Å². The molecule has 16 heavy (non-hydrogen) atoms. The van der Waals surface area contributed by atoms with Gasteiger partial charge in [0.2, 0.25) is 0 Å². The molecule has 88 valence electrons. The van der Waals surface area contributed by atoms with Gasteiger partial charge in [-0.05, 0) is 50.2 Å². The van der Waals surface area contributed by atoms with E-state index in [-0.39, 0.29) is 0 Å². The van der Waals surface area contributed by atoms with Crippen molar-refractivity contribution in [2.24, 2.45) is 0 Å². The first kappa shape index (κ1) is 11.3. The van der Waals surface area contributed by atoms with Gasteiger partial charge in [-0.25, -0.2) is 0 Å². The van der Waals surface area contributed by atoms with E-state index < -0.39 is 0 Å². The Balaban J connectivity index is 1.93. The van der Waals surface area contributed by atoms with Crippen LogP contribution in [0.1, 0.15) is 12.8 Å². The minimum absolute atomic E-state index is 0.631. The Morgan fingerprint density at radius 3 is 2.31 bits per heavy atom. The fraction of sp³-hybridized carbons (Fsp3) is 0.538. The maximum Gasteiger partial charge on any atom is 0.0362 e. The third kappa shape index (κ3) is 2.89. The van der Waals surface area contributed by atoms with Gasteiger partial charge in [-0.3, -0.25) is 0 Å². The van der Waals surface area contributed by atoms with Gasteiger partial charge in [0.25, 0.3) is 0 Å². The molecule has 0 amide bonds. The van der Waals surface area contributed by atoms with Gasteiger partial charge in [0.1, 0.15) is 0 Å². The van der Waals surface area contributed by atoms with Crippen molar-refractivity contribution in [3.8, 4) is 0 Å². The summed E-state index contributed by atoms with van der Waals surface area (Å²) in [7, 11) is 4.13. The molecule has 0 radical (unpaired) electrons. The monoisotopic (exact) mass is 219 g/mol. The van der Waals surface area contributed by atoms with E-state index in [0.29, 0.717) is 6.04 Å². The Morgan fingerprint density at radius 2 is 1.75 bits per heavy atom. The molecule has 0 bridgehead atoms. The molecule has 0 aromatic heterocycles. The summed E-state index contributed by atoms with van der Waals surface area (Å²) in [6.45, 7) is 2.26. The number of nitrogens with one attached hydrogen (secondary N) is 2. The normalized spacial score (nSPS) is 17.1. The van der Waals surface area contributed by atoms with Gasteiger partial charge in [-0.2, -0.15) is 0 Å². The molecule has 1 aliphatic rings. The van der Waals surface area contributed by atoms with Gasteiger partial charge in [-0.1, -0.05) is 0 Å². The second-order valence-electron chi connectivity index (χ2n) is 4.61. The van der Waals surface area contributed by atoms with Gasteiger partial charge in [0.15, 0.2) is 0 Å². The number of piperidine rings is 1. The second kappa shape index (κ2) is 5.21. The molecular weight excluding hydrogens is 198 g/mol. The zero-order valence-electron chi connectivity index (χ0n) is 10.2. The minimum Gasteiger partial charge on any atom is -0.382 e. The fourth-order valence-corrected chi connectivity index (χ4v) is 2.06. The average molecular weight is 219 g/mol. The van der Waals surface area contributed by atoms with E-state index >= 15 is 0 Å². The molecule has 0 atom stereocenters. The van der Waals surface area contributed by atoms with Crippen LogP contribution < -0.4 is 15.5 Å². The highest BCUT2D eigenvalue weighted by molar-refractivity contribution is 5.54. The van der Waals surface area contributed by atoms with Crippen LogP contribution in [0.25, 0.3) is 0 Å². The van der Waals surface area contributed by atoms with E-state index in [1.807, 2.05) is 0 Å². The van der Waals surface area contributed by atoms with E-state index in [9.17, 15) is 0 Å². The zero-order valence-corrected chi connectivity index (χ0v) is 10.2. The highest BCUT2D eigenvalue weighted by atomic mass is 15.1. The van der Waals surface area contributed by atoms with Crippen LogP contribution in [0.3, 0.4) is 0 Å². The maximum absolute atomic E-state index is 3.59. The number of anilines is 2. The van der Waals surface area contributed by atoms with E-state index in [1.54, 1.807) is 0 Å². The SMILES string of the molecule is CN(C)c1ccc(NC2CCNCC2)cc1. The van der Waals surface area contributed by atoms with Crippen LogP contribution in [-0.4, -0.2) is 33.2 Å². The molecular formula is C13H21N3. The Hall–Kier alpha value is -1.22. The first-order valence-corrected chi connectivity index (χ1v) is 6.00. The highest BCUT2D eigenvalue weighted by Gasteiger charge is 2.11. The Morgan fingerprint density at radius 1 is 1.12 bits per heavy atom. The van der Waals surface area contributed by atoms with Gasteiger partial charge in [0, 0.05) is 31.5 Å². The lowest BCUT2D eigenvalue weighted by Crippen LogP contribution is -2.35. The van der Waals surface area contributed by atoms with Crippen LogP contribution >= 0.6 is 0 Å². The van der Waals surface area contributed by atoms with Crippen molar-refractivity contribution in [1.29, 1.82) is 0 Å². The van der Waals surface area contributed by atoms with E-state index in [4.69, 9.17) is 0 Å². The third-order valence-corrected chi connectivity index (χ3v) is 3.09. The molecule has 1 saturated heterocycles. The lowest BCUT2D eigenvalue weighted by Gasteiger charge is -2.25. The predicted molar refractivity (Wildman–Crippen MR) is 70.3 cm³/mol. The summed E-state index contributed by atoms with van der Waals surface area (Å²) < 4.78 is 0. The zero-order chi connectivity index (χ0) is 11.4. The molecule has 3 nitrogen and oxygen atoms in total. The van der Waals surface area contributed by atoms with Crippen molar-refractivity contribution in [2.45, 2.75) is 18.9 Å². The van der Waals surface area contributed by atoms with Crippen molar-refractivity contribution in [1.82, 2.24) is 5.32 Å². The van der Waals surface area contributed by atoms with Crippen molar-refractivity contribution < 1.29 is 0 Å². The molecule has 1 aromatic carbocycles. The summed E-state index contributed by atoms with van der Waals surface area (Å²) in [5, 5.41) is 6.97. The topological polar surface area (TPSA) is 27.3 Å². The summed E-state index contributed by atoms with van der Waals surface area (Å²) in [6.07, 6.45) is 2.44. The van der Waals surface area contributed by atoms with Crippen LogP contribution in [0.2, 0.25) is 0 Å². The Labute approximate surface area is 97.8 Å². The van der Waals surface area contributed by atoms with Crippen LogP contribution in [0, 0.1) is 0 Å². The molecule has 1 heterocycles. The van der Waals surface area contributed by atoms with Crippen LogP contribution in [-0.2, 0) is 0 Å². The van der Waals surface area contributed by atoms with Crippen molar-refractivity contribution in [3.63, 3.8) is 0 Å². The Kier molecular flexibility index (Phi) is 3.67. The molecule has 1 aliphatic heterocycles. The van der Waals surface area contributed by atoms with Crippen molar-refractivity contribution in [3.05, 3.63) is 24.3 Å². The lowest BCUT2D eigenvalue weighted by molar-refractivity contribution is 0.479. The van der Waals surface area contributed by atoms with Gasteiger partial charge < -0.3 is 15.5 Å². The number of hydrogen-bond acceptors (Lipinski definition) is 3. The Bertz CT molecular complexity index is 312. The van der Waals surface area contributed by atoms with Crippen LogP contribution in [0.15, 0.2) is 24.3 Å². The summed E-state index contributed by atoms with van der Waals surface area (Å²) in [6, 6.07) is 9.27. The van der Waals surface area contributed by atoms with Crippen LogP contribution in [0.4, 0.5) is 11.4 Å². The maximum atomic E-state index is 3.59. The van der Waals surface area contributed by atoms with E-state index in [0.717, 1.165) is 13.1 Å². The summed E-state index contributed by atoms with van der Waals surface area (Å²) in [4.78, 5) is 2.12. The molecule has 1 aromatic rings. The van der Waals surface area contributed by atoms with Gasteiger partial charge in [-0.15, -0.1) is 0 Å². The third-order valence-electron chi connectivity index (χ3n) is 3.09. The quantitative estimate of drug-likeness (QED) is 0.813. The molecule has 3 heteroatoms. The van der Waals surface area contributed by atoms with Gasteiger partial charge in [0.05, 0.1) is 0 Å². The smallest absolute Gasteiger partial charge is 0.0362 e. The van der Waals surface area contributed by atoms with Crippen molar-refractivity contribution >= 4 is 11.4 Å². The molecule has 0 unspecified atom stereocenters. The predicted octanol–water partition coefficient (Wildman–Crippen LogP) is 1.92. The molecule has 0 aliphatic carbocycles. The first-order chi connectivity index (χ1) is 7.75. The summed E-state index contributed by atoms with van der Waals surface area (Å²) >= 11 is 0. The largest absolute Gasteiger partial charge is 0.382 e. The summed E-state index contributed by atoms with van der Waals surface area (Å²) in [5.41, 5.74) is 2.48. The average Bonchev–Trinajstić information content (AvgIpc) is 2.31. The first-order valence-electron chi connectivity index (χ1n) is 6.00. The highest BCUT2D eigenvalue weighted by Crippen LogP contribution is 2.18. The summed E-state index contributed by atoms with van der Waals surface area (Å²) in [5.74, 6) is 0. The fourth-order valence-electron chi connectivity index (χ4n) is 2.06. The molecule has 1 fully saturated rings. The molecule has 0 spiro atoms.